The summed E-state index contributed by atoms with van der Waals surface area (Å²) in [5, 5.41) is 9.97. The topological polar surface area (TPSA) is 76.5 Å². The molecule has 21 heavy (non-hydrogen) atoms. The lowest BCUT2D eigenvalue weighted by atomic mass is 9.64. The summed E-state index contributed by atoms with van der Waals surface area (Å²) in [7, 11) is -0.954. The summed E-state index contributed by atoms with van der Waals surface area (Å²) in [6.45, 7) is 1.51. The number of ketones is 2. The van der Waals surface area contributed by atoms with Gasteiger partial charge in [-0.25, -0.2) is 0 Å². The predicted molar refractivity (Wildman–Crippen MR) is 78.7 cm³/mol. The van der Waals surface area contributed by atoms with Crippen LogP contribution in [0.1, 0.15) is 38.2 Å². The third-order valence-electron chi connectivity index (χ3n) is 3.75. The Bertz CT molecular complexity index is 494. The van der Waals surface area contributed by atoms with E-state index in [2.05, 4.69) is 4.98 Å². The van der Waals surface area contributed by atoms with Crippen molar-refractivity contribution in [1.82, 2.24) is 4.98 Å². The van der Waals surface area contributed by atoms with Crippen LogP contribution in [0.15, 0.2) is 24.5 Å². The molecule has 1 aromatic heterocycles. The number of carbonyl (C=O) groups excluding carboxylic acids is 2. The summed E-state index contributed by atoms with van der Waals surface area (Å²) in [6.07, 6.45) is 5.50. The molecule has 0 unspecified atom stereocenters. The molecule has 1 fully saturated rings. The van der Waals surface area contributed by atoms with Gasteiger partial charge in [-0.05, 0) is 37.5 Å². The van der Waals surface area contributed by atoms with Crippen molar-refractivity contribution in [3.8, 4) is 0 Å². The maximum Gasteiger partial charge on any atom is 0.458 e. The maximum absolute atomic E-state index is 12.0. The average Bonchev–Trinajstić information content (AvgIpc) is 2.42. The van der Waals surface area contributed by atoms with Crippen molar-refractivity contribution in [2.75, 3.05) is 0 Å². The fourth-order valence-corrected chi connectivity index (χ4v) is 2.69. The summed E-state index contributed by atoms with van der Waals surface area (Å²) in [5.41, 5.74) is 0.927. The molecular formula is C15H20BNO4. The normalized spacial score (nSPS) is 22.1. The van der Waals surface area contributed by atoms with Crippen molar-refractivity contribution in [2.24, 2.45) is 0 Å². The smallest absolute Gasteiger partial charge is 0.427 e. The summed E-state index contributed by atoms with van der Waals surface area (Å²) in [4.78, 5) is 27.0. The van der Waals surface area contributed by atoms with Crippen molar-refractivity contribution in [3.05, 3.63) is 30.1 Å². The summed E-state index contributed by atoms with van der Waals surface area (Å²) in [6, 6.07) is 3.63. The van der Waals surface area contributed by atoms with Crippen LogP contribution in [0.25, 0.3) is 0 Å². The molecule has 0 radical (unpaired) electrons. The van der Waals surface area contributed by atoms with Crippen molar-refractivity contribution < 1.29 is 19.3 Å². The van der Waals surface area contributed by atoms with Crippen LogP contribution in [-0.4, -0.2) is 34.8 Å². The van der Waals surface area contributed by atoms with Crippen LogP contribution in [0.3, 0.4) is 0 Å². The molecule has 1 aromatic rings. The van der Waals surface area contributed by atoms with Crippen LogP contribution < -0.4 is 0 Å². The van der Waals surface area contributed by atoms with Gasteiger partial charge < -0.3 is 9.68 Å². The highest BCUT2D eigenvalue weighted by molar-refractivity contribution is 6.45. The quantitative estimate of drug-likeness (QED) is 0.805. The molecule has 1 N–H and O–H groups in total. The third kappa shape index (κ3) is 5.06. The molecule has 1 aliphatic heterocycles. The van der Waals surface area contributed by atoms with E-state index in [0.717, 1.165) is 5.56 Å². The fourth-order valence-electron chi connectivity index (χ4n) is 2.69. The number of hydrogen-bond donors (Lipinski definition) is 1. The van der Waals surface area contributed by atoms with E-state index in [4.69, 9.17) is 4.65 Å². The first kappa shape index (κ1) is 15.9. The van der Waals surface area contributed by atoms with Gasteiger partial charge in [0.25, 0.3) is 0 Å². The van der Waals surface area contributed by atoms with E-state index in [1.54, 1.807) is 12.4 Å². The van der Waals surface area contributed by atoms with Crippen LogP contribution in [0.5, 0.6) is 0 Å². The minimum absolute atomic E-state index is 0.0550. The number of Topliss-reactive ketones (excluding diaryl/α,β-unsaturated/α-hetero) is 2. The van der Waals surface area contributed by atoms with Gasteiger partial charge in [0.2, 0.25) is 0 Å². The van der Waals surface area contributed by atoms with Crippen LogP contribution in [-0.2, 0) is 20.7 Å². The molecule has 5 nitrogen and oxygen atoms in total. The zero-order valence-electron chi connectivity index (χ0n) is 12.2. The van der Waals surface area contributed by atoms with Gasteiger partial charge in [-0.15, -0.1) is 0 Å². The highest BCUT2D eigenvalue weighted by atomic mass is 16.5. The molecule has 0 aromatic carbocycles. The number of pyridine rings is 1. The Balaban J connectivity index is 1.81. The summed E-state index contributed by atoms with van der Waals surface area (Å²) >= 11 is 0. The Morgan fingerprint density at radius 2 is 2.05 bits per heavy atom. The largest absolute Gasteiger partial charge is 0.458 e. The van der Waals surface area contributed by atoms with Gasteiger partial charge in [0.15, 0.2) is 0 Å². The van der Waals surface area contributed by atoms with E-state index in [-0.39, 0.29) is 23.5 Å². The third-order valence-corrected chi connectivity index (χ3v) is 3.75. The molecule has 0 aliphatic carbocycles. The first-order valence-electron chi connectivity index (χ1n) is 7.28. The Labute approximate surface area is 124 Å². The van der Waals surface area contributed by atoms with Crippen molar-refractivity contribution in [1.29, 1.82) is 0 Å². The molecule has 2 heterocycles. The number of rotatable bonds is 6. The number of carbonyl (C=O) groups is 2. The zero-order valence-corrected chi connectivity index (χ0v) is 12.2. The van der Waals surface area contributed by atoms with E-state index in [1.165, 1.54) is 6.92 Å². The van der Waals surface area contributed by atoms with Gasteiger partial charge in [0.1, 0.15) is 11.6 Å². The molecule has 0 amide bonds. The van der Waals surface area contributed by atoms with E-state index < -0.39 is 7.12 Å². The van der Waals surface area contributed by atoms with Gasteiger partial charge in [-0.1, -0.05) is 0 Å². The zero-order chi connectivity index (χ0) is 15.2. The molecule has 1 aliphatic rings. The van der Waals surface area contributed by atoms with Crippen molar-refractivity contribution in [2.45, 2.75) is 50.9 Å². The van der Waals surface area contributed by atoms with Crippen LogP contribution in [0.2, 0.25) is 5.82 Å². The second-order valence-corrected chi connectivity index (χ2v) is 5.67. The van der Waals surface area contributed by atoms with Crippen molar-refractivity contribution in [3.63, 3.8) is 0 Å². The second-order valence-electron chi connectivity index (χ2n) is 5.67. The molecule has 0 saturated carbocycles. The SMILES string of the molecule is CC(=O)C[C@@H]1CC[C@H](CC(=O)Cc2ccncc2)B(O)O1. The fraction of sp³-hybridized carbons (Fsp3) is 0.533. The predicted octanol–water partition coefficient (Wildman–Crippen LogP) is 1.59. The number of nitrogens with zero attached hydrogens (tertiary/aromatic N) is 1. The van der Waals surface area contributed by atoms with E-state index in [9.17, 15) is 14.6 Å². The van der Waals surface area contributed by atoms with E-state index in [0.29, 0.717) is 32.1 Å². The van der Waals surface area contributed by atoms with Crippen LogP contribution >= 0.6 is 0 Å². The average molecular weight is 289 g/mol. The molecule has 2 atom stereocenters. The lowest BCUT2D eigenvalue weighted by Gasteiger charge is -2.30. The number of hydrogen-bond acceptors (Lipinski definition) is 5. The van der Waals surface area contributed by atoms with Gasteiger partial charge >= 0.3 is 7.12 Å². The lowest BCUT2D eigenvalue weighted by Crippen LogP contribution is -2.37. The minimum atomic E-state index is -0.954. The highest BCUT2D eigenvalue weighted by Gasteiger charge is 2.36. The molecule has 0 bridgehead atoms. The molecule has 2 rings (SSSR count). The lowest BCUT2D eigenvalue weighted by molar-refractivity contribution is -0.120. The Kier molecular flexibility index (Phi) is 5.64. The second kappa shape index (κ2) is 7.47. The van der Waals surface area contributed by atoms with Crippen LogP contribution in [0, 0.1) is 0 Å². The van der Waals surface area contributed by atoms with Gasteiger partial charge in [0.05, 0.1) is 0 Å². The first-order valence-corrected chi connectivity index (χ1v) is 7.28. The highest BCUT2D eigenvalue weighted by Crippen LogP contribution is 2.31. The molecule has 1 saturated heterocycles. The van der Waals surface area contributed by atoms with E-state index >= 15 is 0 Å². The monoisotopic (exact) mass is 289 g/mol. The minimum Gasteiger partial charge on any atom is -0.427 e. The van der Waals surface area contributed by atoms with Crippen LogP contribution in [0.4, 0.5) is 0 Å². The molecule has 0 spiro atoms. The first-order chi connectivity index (χ1) is 10.0. The molecular weight excluding hydrogens is 269 g/mol. The Morgan fingerprint density at radius 1 is 1.33 bits per heavy atom. The standard InChI is InChI=1S/C15H20BNO4/c1-11(18)8-15-3-2-13(16(20)21-15)10-14(19)9-12-4-6-17-7-5-12/h4-7,13,15,20H,2-3,8-10H2,1H3/t13-,15+/m1/s1. The number of aromatic nitrogens is 1. The van der Waals surface area contributed by atoms with Gasteiger partial charge in [-0.2, -0.15) is 0 Å². The summed E-state index contributed by atoms with van der Waals surface area (Å²) in [5.74, 6) is -0.0409. The molecule has 112 valence electrons. The Morgan fingerprint density at radius 3 is 2.67 bits per heavy atom. The van der Waals surface area contributed by atoms with Gasteiger partial charge in [0, 0.05) is 43.6 Å². The van der Waals surface area contributed by atoms with Crippen molar-refractivity contribution >= 4 is 18.7 Å². The maximum atomic E-state index is 12.0. The van der Waals surface area contributed by atoms with Gasteiger partial charge in [-0.3, -0.25) is 14.6 Å². The Hall–Kier alpha value is -1.53. The van der Waals surface area contributed by atoms with E-state index in [1.807, 2.05) is 12.1 Å². The summed E-state index contributed by atoms with van der Waals surface area (Å²) < 4.78 is 5.43. The molecule has 6 heteroatoms.